The standard InChI is InChI=1S/C16H24ClN3O/c1-3-19-8-10-20(11-9-19)12-16(21)18-13(2)14-4-6-15(17)7-5-14/h4-7,13H,3,8-12H2,1-2H3,(H,18,21)/t13-/m0/s1. The number of rotatable bonds is 5. The quantitative estimate of drug-likeness (QED) is 0.905. The number of likely N-dealkylation sites (N-methyl/N-ethyl adjacent to an activating group) is 1. The Morgan fingerprint density at radius 1 is 1.19 bits per heavy atom. The Hall–Kier alpha value is -1.10. The number of hydrogen-bond acceptors (Lipinski definition) is 3. The molecule has 0 spiro atoms. The first-order valence-corrected chi connectivity index (χ1v) is 7.96. The molecule has 1 aliphatic heterocycles. The maximum atomic E-state index is 12.1. The molecule has 1 heterocycles. The summed E-state index contributed by atoms with van der Waals surface area (Å²) in [6.45, 7) is 9.79. The highest BCUT2D eigenvalue weighted by Crippen LogP contribution is 2.16. The summed E-state index contributed by atoms with van der Waals surface area (Å²) in [4.78, 5) is 16.7. The lowest BCUT2D eigenvalue weighted by Crippen LogP contribution is -2.49. The SMILES string of the molecule is CCN1CCN(CC(=O)N[C@@H](C)c2ccc(Cl)cc2)CC1. The van der Waals surface area contributed by atoms with Gasteiger partial charge in [-0.3, -0.25) is 9.69 Å². The predicted molar refractivity (Wildman–Crippen MR) is 86.6 cm³/mol. The highest BCUT2D eigenvalue weighted by Gasteiger charge is 2.18. The molecule has 0 aromatic heterocycles. The zero-order valence-corrected chi connectivity index (χ0v) is 13.6. The van der Waals surface area contributed by atoms with Crippen molar-refractivity contribution in [3.63, 3.8) is 0 Å². The van der Waals surface area contributed by atoms with Crippen molar-refractivity contribution in [2.45, 2.75) is 19.9 Å². The number of carbonyl (C=O) groups is 1. The molecular weight excluding hydrogens is 286 g/mol. The van der Waals surface area contributed by atoms with Crippen molar-refractivity contribution in [1.29, 1.82) is 0 Å². The second kappa shape index (κ2) is 7.78. The van der Waals surface area contributed by atoms with Gasteiger partial charge in [-0.25, -0.2) is 0 Å². The number of carbonyl (C=O) groups excluding carboxylic acids is 1. The minimum atomic E-state index is 0.00620. The fourth-order valence-electron chi connectivity index (χ4n) is 2.59. The average molecular weight is 310 g/mol. The molecule has 21 heavy (non-hydrogen) atoms. The molecule has 1 fully saturated rings. The molecule has 1 amide bonds. The van der Waals surface area contributed by atoms with Crippen LogP contribution in [-0.4, -0.2) is 55.0 Å². The molecule has 0 unspecified atom stereocenters. The fraction of sp³-hybridized carbons (Fsp3) is 0.562. The van der Waals surface area contributed by atoms with Gasteiger partial charge in [0.05, 0.1) is 12.6 Å². The molecule has 1 atom stereocenters. The van der Waals surface area contributed by atoms with Crippen LogP contribution in [0.2, 0.25) is 5.02 Å². The Morgan fingerprint density at radius 3 is 2.33 bits per heavy atom. The van der Waals surface area contributed by atoms with E-state index in [1.54, 1.807) is 0 Å². The molecule has 0 aliphatic carbocycles. The molecule has 4 nitrogen and oxygen atoms in total. The van der Waals surface area contributed by atoms with Gasteiger partial charge in [0.2, 0.25) is 5.91 Å². The van der Waals surface area contributed by atoms with E-state index in [2.05, 4.69) is 22.0 Å². The molecule has 1 aromatic carbocycles. The van der Waals surface area contributed by atoms with Gasteiger partial charge in [0, 0.05) is 31.2 Å². The molecule has 1 N–H and O–H groups in total. The van der Waals surface area contributed by atoms with Gasteiger partial charge in [0.25, 0.3) is 0 Å². The third-order valence-corrected chi connectivity index (χ3v) is 4.28. The van der Waals surface area contributed by atoms with E-state index in [0.29, 0.717) is 11.6 Å². The number of nitrogens with zero attached hydrogens (tertiary/aromatic N) is 2. The van der Waals surface area contributed by atoms with Crippen molar-refractivity contribution < 1.29 is 4.79 Å². The maximum Gasteiger partial charge on any atom is 0.234 e. The van der Waals surface area contributed by atoms with Crippen LogP contribution < -0.4 is 5.32 Å². The zero-order valence-electron chi connectivity index (χ0n) is 12.8. The van der Waals surface area contributed by atoms with E-state index in [1.165, 1.54) is 0 Å². The number of piperazine rings is 1. The molecule has 116 valence electrons. The van der Waals surface area contributed by atoms with Gasteiger partial charge in [0.1, 0.15) is 0 Å². The van der Waals surface area contributed by atoms with E-state index < -0.39 is 0 Å². The van der Waals surface area contributed by atoms with Crippen LogP contribution >= 0.6 is 11.6 Å². The highest BCUT2D eigenvalue weighted by atomic mass is 35.5. The monoisotopic (exact) mass is 309 g/mol. The maximum absolute atomic E-state index is 12.1. The molecule has 1 aliphatic rings. The first-order chi connectivity index (χ1) is 10.1. The van der Waals surface area contributed by atoms with Gasteiger partial charge in [-0.1, -0.05) is 30.7 Å². The Kier molecular flexibility index (Phi) is 6.03. The topological polar surface area (TPSA) is 35.6 Å². The molecular formula is C16H24ClN3O. The zero-order chi connectivity index (χ0) is 15.2. The summed E-state index contributed by atoms with van der Waals surface area (Å²) < 4.78 is 0. The normalized spacial score (nSPS) is 18.4. The summed E-state index contributed by atoms with van der Waals surface area (Å²) in [5.74, 6) is 0.0856. The van der Waals surface area contributed by atoms with Gasteiger partial charge in [0.15, 0.2) is 0 Å². The summed E-state index contributed by atoms with van der Waals surface area (Å²) in [5, 5.41) is 3.76. The van der Waals surface area contributed by atoms with Crippen molar-refractivity contribution in [2.24, 2.45) is 0 Å². The Morgan fingerprint density at radius 2 is 1.76 bits per heavy atom. The number of benzene rings is 1. The van der Waals surface area contributed by atoms with E-state index in [4.69, 9.17) is 11.6 Å². The van der Waals surface area contributed by atoms with Gasteiger partial charge in [-0.05, 0) is 31.2 Å². The van der Waals surface area contributed by atoms with Crippen LogP contribution in [0.1, 0.15) is 25.5 Å². The van der Waals surface area contributed by atoms with Gasteiger partial charge < -0.3 is 10.2 Å². The summed E-state index contributed by atoms with van der Waals surface area (Å²) >= 11 is 5.88. The Bertz CT molecular complexity index is 455. The predicted octanol–water partition coefficient (Wildman–Crippen LogP) is 2.15. The second-order valence-corrected chi connectivity index (χ2v) is 5.99. The van der Waals surface area contributed by atoms with Crippen LogP contribution in [-0.2, 0) is 4.79 Å². The molecule has 1 aromatic rings. The third-order valence-electron chi connectivity index (χ3n) is 4.03. The summed E-state index contributed by atoms with van der Waals surface area (Å²) in [6, 6.07) is 7.61. The lowest BCUT2D eigenvalue weighted by molar-refractivity contribution is -0.123. The van der Waals surface area contributed by atoms with Crippen LogP contribution in [0.5, 0.6) is 0 Å². The van der Waals surface area contributed by atoms with Gasteiger partial charge in [-0.2, -0.15) is 0 Å². The van der Waals surface area contributed by atoms with E-state index >= 15 is 0 Å². The molecule has 0 saturated carbocycles. The van der Waals surface area contributed by atoms with Gasteiger partial charge >= 0.3 is 0 Å². The van der Waals surface area contributed by atoms with E-state index in [-0.39, 0.29) is 11.9 Å². The Balaban J connectivity index is 1.78. The largest absolute Gasteiger partial charge is 0.348 e. The van der Waals surface area contributed by atoms with Crippen LogP contribution in [0.15, 0.2) is 24.3 Å². The van der Waals surface area contributed by atoms with Crippen molar-refractivity contribution in [1.82, 2.24) is 15.1 Å². The lowest BCUT2D eigenvalue weighted by Gasteiger charge is -2.33. The third kappa shape index (κ3) is 4.99. The van der Waals surface area contributed by atoms with Crippen LogP contribution in [0, 0.1) is 0 Å². The summed E-state index contributed by atoms with van der Waals surface area (Å²) in [6.07, 6.45) is 0. The highest BCUT2D eigenvalue weighted by molar-refractivity contribution is 6.30. The number of hydrogen-bond donors (Lipinski definition) is 1. The van der Waals surface area contributed by atoms with Crippen LogP contribution in [0.25, 0.3) is 0 Å². The van der Waals surface area contributed by atoms with Crippen molar-refractivity contribution in [2.75, 3.05) is 39.3 Å². The minimum Gasteiger partial charge on any atom is -0.348 e. The second-order valence-electron chi connectivity index (χ2n) is 5.55. The van der Waals surface area contributed by atoms with Crippen molar-refractivity contribution in [3.8, 4) is 0 Å². The number of nitrogens with one attached hydrogen (secondary N) is 1. The van der Waals surface area contributed by atoms with E-state index in [1.807, 2.05) is 31.2 Å². The summed E-state index contributed by atoms with van der Waals surface area (Å²) in [7, 11) is 0. The van der Waals surface area contributed by atoms with Crippen molar-refractivity contribution >= 4 is 17.5 Å². The molecule has 2 rings (SSSR count). The smallest absolute Gasteiger partial charge is 0.234 e. The fourth-order valence-corrected chi connectivity index (χ4v) is 2.71. The summed E-state index contributed by atoms with van der Waals surface area (Å²) in [5.41, 5.74) is 1.07. The molecule has 1 saturated heterocycles. The molecule has 0 bridgehead atoms. The average Bonchev–Trinajstić information content (AvgIpc) is 2.48. The Labute approximate surface area is 132 Å². The van der Waals surface area contributed by atoms with E-state index in [0.717, 1.165) is 38.3 Å². The van der Waals surface area contributed by atoms with Gasteiger partial charge in [-0.15, -0.1) is 0 Å². The van der Waals surface area contributed by atoms with Crippen LogP contribution in [0.4, 0.5) is 0 Å². The first kappa shape index (κ1) is 16.3. The number of amides is 1. The molecule has 5 heteroatoms. The minimum absolute atomic E-state index is 0.00620. The van der Waals surface area contributed by atoms with E-state index in [9.17, 15) is 4.79 Å². The first-order valence-electron chi connectivity index (χ1n) is 7.58. The lowest BCUT2D eigenvalue weighted by atomic mass is 10.1. The van der Waals surface area contributed by atoms with Crippen LogP contribution in [0.3, 0.4) is 0 Å². The molecule has 0 radical (unpaired) electrons. The van der Waals surface area contributed by atoms with Crippen molar-refractivity contribution in [3.05, 3.63) is 34.9 Å². The number of halogens is 1.